The molecule has 0 unspecified atom stereocenters. The first kappa shape index (κ1) is 18.1. The van der Waals surface area contributed by atoms with E-state index < -0.39 is 0 Å². The second-order valence-electron chi connectivity index (χ2n) is 7.43. The van der Waals surface area contributed by atoms with Gasteiger partial charge in [0.15, 0.2) is 0 Å². The zero-order chi connectivity index (χ0) is 20.0. The number of methoxy groups -OCH3 is 1. The molecule has 0 N–H and O–H groups in total. The van der Waals surface area contributed by atoms with Gasteiger partial charge in [-0.1, -0.05) is 12.1 Å². The quantitative estimate of drug-likeness (QED) is 0.435. The molecular weight excluding hydrogens is 382 g/mol. The Bertz CT molecular complexity index is 1200. The minimum absolute atomic E-state index is 0.335. The number of anilines is 1. The zero-order valence-corrected chi connectivity index (χ0v) is 17.2. The third-order valence-electron chi connectivity index (χ3n) is 5.57. The number of pyridine rings is 1. The summed E-state index contributed by atoms with van der Waals surface area (Å²) < 4.78 is 6.04. The molecule has 1 aliphatic heterocycles. The van der Waals surface area contributed by atoms with Crippen molar-refractivity contribution in [3.63, 3.8) is 0 Å². The van der Waals surface area contributed by atoms with E-state index in [1.807, 2.05) is 30.3 Å². The molecule has 2 aromatic heterocycles. The van der Waals surface area contributed by atoms with E-state index in [0.717, 1.165) is 44.1 Å². The number of fused-ring (bicyclic) bond motifs is 2. The van der Waals surface area contributed by atoms with Crippen molar-refractivity contribution in [2.45, 2.75) is 25.8 Å². The normalized spacial score (nSPS) is 16.6. The highest BCUT2D eigenvalue weighted by molar-refractivity contribution is 7.21. The summed E-state index contributed by atoms with van der Waals surface area (Å²) in [4.78, 5) is 24.3. The summed E-state index contributed by atoms with van der Waals surface area (Å²) >= 11 is 1.67. The average Bonchev–Trinajstić information content (AvgIpc) is 3.37. The van der Waals surface area contributed by atoms with E-state index in [0.29, 0.717) is 11.6 Å². The van der Waals surface area contributed by atoms with Gasteiger partial charge >= 0.3 is 5.97 Å². The van der Waals surface area contributed by atoms with Crippen LogP contribution < -0.4 is 4.90 Å². The lowest BCUT2D eigenvalue weighted by Gasteiger charge is -2.26. The highest BCUT2D eigenvalue weighted by Gasteiger charge is 2.26. The van der Waals surface area contributed by atoms with E-state index in [1.54, 1.807) is 17.4 Å². The molecule has 2 aromatic carbocycles. The Morgan fingerprint density at radius 3 is 2.76 bits per heavy atom. The van der Waals surface area contributed by atoms with Crippen LogP contribution in [-0.4, -0.2) is 35.6 Å². The fraction of sp³-hybridized carbons (Fsp3) is 0.261. The Morgan fingerprint density at radius 2 is 2.00 bits per heavy atom. The molecule has 0 spiro atoms. The maximum Gasteiger partial charge on any atom is 0.337 e. The predicted octanol–water partition coefficient (Wildman–Crippen LogP) is 5.29. The molecule has 29 heavy (non-hydrogen) atoms. The van der Waals surface area contributed by atoms with Crippen molar-refractivity contribution in [1.82, 2.24) is 9.97 Å². The van der Waals surface area contributed by atoms with Crippen LogP contribution in [0.5, 0.6) is 0 Å². The molecule has 3 heterocycles. The first-order valence-corrected chi connectivity index (χ1v) is 10.6. The summed E-state index contributed by atoms with van der Waals surface area (Å²) in [6, 6.07) is 16.3. The van der Waals surface area contributed by atoms with Crippen LogP contribution in [0.1, 0.15) is 30.1 Å². The maximum absolute atomic E-state index is 12.0. The number of carbonyl (C=O) groups is 1. The first-order valence-electron chi connectivity index (χ1n) is 9.80. The number of hydrogen-bond donors (Lipinski definition) is 0. The van der Waals surface area contributed by atoms with Crippen LogP contribution in [-0.2, 0) is 4.74 Å². The van der Waals surface area contributed by atoms with E-state index >= 15 is 0 Å². The van der Waals surface area contributed by atoms with Crippen molar-refractivity contribution in [1.29, 1.82) is 0 Å². The van der Waals surface area contributed by atoms with Gasteiger partial charge in [0.2, 0.25) is 0 Å². The Balaban J connectivity index is 1.73. The second kappa shape index (κ2) is 7.12. The van der Waals surface area contributed by atoms with Gasteiger partial charge in [0, 0.05) is 18.0 Å². The molecule has 1 aliphatic rings. The van der Waals surface area contributed by atoms with Crippen molar-refractivity contribution in [3.8, 4) is 10.7 Å². The summed E-state index contributed by atoms with van der Waals surface area (Å²) in [5.74, 6) is -0.335. The van der Waals surface area contributed by atoms with E-state index in [4.69, 9.17) is 14.7 Å². The zero-order valence-electron chi connectivity index (χ0n) is 16.4. The van der Waals surface area contributed by atoms with Crippen molar-refractivity contribution in [2.24, 2.45) is 0 Å². The Kier molecular flexibility index (Phi) is 4.43. The van der Waals surface area contributed by atoms with Crippen LogP contribution in [0.15, 0.2) is 48.5 Å². The van der Waals surface area contributed by atoms with Crippen molar-refractivity contribution < 1.29 is 9.53 Å². The molecule has 5 nitrogen and oxygen atoms in total. The fourth-order valence-corrected chi connectivity index (χ4v) is 5.02. The monoisotopic (exact) mass is 403 g/mol. The van der Waals surface area contributed by atoms with Gasteiger partial charge in [-0.15, -0.1) is 11.3 Å². The maximum atomic E-state index is 12.0. The third-order valence-corrected chi connectivity index (χ3v) is 6.62. The lowest BCUT2D eigenvalue weighted by molar-refractivity contribution is 0.0601. The van der Waals surface area contributed by atoms with Crippen molar-refractivity contribution in [3.05, 3.63) is 54.1 Å². The number of para-hydroxylation sites is 1. The summed E-state index contributed by atoms with van der Waals surface area (Å²) in [6.07, 6.45) is 2.33. The minimum Gasteiger partial charge on any atom is -0.465 e. The number of rotatable bonds is 3. The standard InChI is InChI=1S/C23H21N3O2S/c1-14-6-5-11-26(14)19-13-16-12-15(23(27)28-2)9-10-17(16)24-21(19)22-25-18-7-3-4-8-20(18)29-22/h3-4,7-10,12-14H,5-6,11H2,1-2H3/t14-/m0/s1. The number of nitrogens with zero attached hydrogens (tertiary/aromatic N) is 3. The van der Waals surface area contributed by atoms with Gasteiger partial charge in [0.05, 0.1) is 34.1 Å². The number of aromatic nitrogens is 2. The Hall–Kier alpha value is -2.99. The van der Waals surface area contributed by atoms with E-state index in [-0.39, 0.29) is 5.97 Å². The summed E-state index contributed by atoms with van der Waals surface area (Å²) in [6.45, 7) is 3.26. The van der Waals surface area contributed by atoms with Gasteiger partial charge in [-0.05, 0) is 56.2 Å². The van der Waals surface area contributed by atoms with Crippen LogP contribution in [0.2, 0.25) is 0 Å². The molecule has 146 valence electrons. The van der Waals surface area contributed by atoms with Crippen LogP contribution >= 0.6 is 11.3 Å². The van der Waals surface area contributed by atoms with Gasteiger partial charge in [0.25, 0.3) is 0 Å². The van der Waals surface area contributed by atoms with Crippen molar-refractivity contribution in [2.75, 3.05) is 18.6 Å². The summed E-state index contributed by atoms with van der Waals surface area (Å²) in [7, 11) is 1.40. The van der Waals surface area contributed by atoms with Crippen LogP contribution in [0.4, 0.5) is 5.69 Å². The molecule has 1 fully saturated rings. The molecule has 1 saturated heterocycles. The molecule has 0 amide bonds. The largest absolute Gasteiger partial charge is 0.465 e. The molecule has 4 aromatic rings. The lowest BCUT2D eigenvalue weighted by atomic mass is 10.1. The molecule has 1 atom stereocenters. The number of hydrogen-bond acceptors (Lipinski definition) is 6. The van der Waals surface area contributed by atoms with E-state index in [1.165, 1.54) is 20.0 Å². The predicted molar refractivity (Wildman–Crippen MR) is 118 cm³/mol. The summed E-state index contributed by atoms with van der Waals surface area (Å²) in [5.41, 5.74) is 4.38. The Labute approximate surface area is 173 Å². The Morgan fingerprint density at radius 1 is 1.14 bits per heavy atom. The number of ether oxygens (including phenoxy) is 1. The van der Waals surface area contributed by atoms with E-state index in [9.17, 15) is 4.79 Å². The second-order valence-corrected chi connectivity index (χ2v) is 8.46. The number of benzene rings is 2. The number of carbonyl (C=O) groups excluding carboxylic acids is 1. The van der Waals surface area contributed by atoms with Gasteiger partial charge in [-0.3, -0.25) is 0 Å². The molecule has 5 rings (SSSR count). The van der Waals surface area contributed by atoms with Gasteiger partial charge in [-0.2, -0.15) is 0 Å². The van der Waals surface area contributed by atoms with Crippen molar-refractivity contribution >= 4 is 44.1 Å². The fourth-order valence-electron chi connectivity index (χ4n) is 4.05. The topological polar surface area (TPSA) is 55.3 Å². The molecule has 0 saturated carbocycles. The van der Waals surface area contributed by atoms with Crippen LogP contribution in [0, 0.1) is 0 Å². The SMILES string of the molecule is COC(=O)c1ccc2nc(-c3nc4ccccc4s3)c(N3CCC[C@@H]3C)cc2c1. The highest BCUT2D eigenvalue weighted by Crippen LogP contribution is 2.39. The minimum atomic E-state index is -0.335. The van der Waals surface area contributed by atoms with Gasteiger partial charge in [-0.25, -0.2) is 14.8 Å². The number of thiazole rings is 1. The molecule has 0 bridgehead atoms. The smallest absolute Gasteiger partial charge is 0.337 e. The molecule has 0 radical (unpaired) electrons. The van der Waals surface area contributed by atoms with E-state index in [2.05, 4.69) is 24.0 Å². The summed E-state index contributed by atoms with van der Waals surface area (Å²) in [5, 5.41) is 1.87. The highest BCUT2D eigenvalue weighted by atomic mass is 32.1. The molecule has 6 heteroatoms. The lowest BCUT2D eigenvalue weighted by Crippen LogP contribution is -2.27. The first-order chi connectivity index (χ1) is 14.1. The third kappa shape index (κ3) is 3.13. The molecule has 0 aliphatic carbocycles. The average molecular weight is 404 g/mol. The van der Waals surface area contributed by atoms with Gasteiger partial charge < -0.3 is 9.64 Å². The number of esters is 1. The van der Waals surface area contributed by atoms with Gasteiger partial charge in [0.1, 0.15) is 10.7 Å². The van der Waals surface area contributed by atoms with Crippen LogP contribution in [0.25, 0.3) is 31.8 Å². The van der Waals surface area contributed by atoms with Crippen LogP contribution in [0.3, 0.4) is 0 Å². The molecular formula is C23H21N3O2S.